The quantitative estimate of drug-likeness (QED) is 0.622. The van der Waals surface area contributed by atoms with Gasteiger partial charge in [-0.1, -0.05) is 11.6 Å². The molecule has 11 heteroatoms. The molecule has 0 atom stereocenters. The Morgan fingerprint density at radius 1 is 1.27 bits per heavy atom. The molecule has 0 bridgehead atoms. The van der Waals surface area contributed by atoms with E-state index in [2.05, 4.69) is 9.71 Å². The van der Waals surface area contributed by atoms with E-state index in [0.29, 0.717) is 43.3 Å². The fourth-order valence-corrected chi connectivity index (χ4v) is 5.20. The van der Waals surface area contributed by atoms with Crippen LogP contribution in [0, 0.1) is 5.92 Å². The van der Waals surface area contributed by atoms with Gasteiger partial charge in [-0.05, 0) is 44.0 Å². The van der Waals surface area contributed by atoms with Crippen molar-refractivity contribution < 1.29 is 22.7 Å². The minimum absolute atomic E-state index is 0.0727. The molecule has 0 aliphatic carbocycles. The van der Waals surface area contributed by atoms with E-state index < -0.39 is 10.0 Å². The normalized spacial score (nSPS) is 15.1. The third-order valence-corrected chi connectivity index (χ3v) is 7.24. The summed E-state index contributed by atoms with van der Waals surface area (Å²) in [6.07, 6.45) is 1.23. The standard InChI is InChI=1S/C19H22ClN3O5S2/c1-2-28-18(25)13-7-9-23(10-8-13)17(24)11-15-12-29-19(21-15)22-30(26,27)16-5-3-14(20)4-6-16/h3-6,12-13H,2,7-11H2,1H3,(H,21,22). The number of hydrogen-bond acceptors (Lipinski definition) is 7. The number of benzene rings is 1. The lowest BCUT2D eigenvalue weighted by molar-refractivity contribution is -0.151. The second-order valence-electron chi connectivity index (χ2n) is 6.79. The number of hydrogen-bond donors (Lipinski definition) is 1. The Hall–Kier alpha value is -2.17. The number of carbonyl (C=O) groups is 2. The molecular weight excluding hydrogens is 450 g/mol. The molecule has 1 aromatic heterocycles. The highest BCUT2D eigenvalue weighted by Gasteiger charge is 2.28. The number of halogens is 1. The van der Waals surface area contributed by atoms with Gasteiger partial charge < -0.3 is 9.64 Å². The Morgan fingerprint density at radius 3 is 2.57 bits per heavy atom. The molecule has 3 rings (SSSR count). The first-order chi connectivity index (χ1) is 14.3. The van der Waals surface area contributed by atoms with Crippen molar-refractivity contribution in [2.45, 2.75) is 31.1 Å². The highest BCUT2D eigenvalue weighted by atomic mass is 35.5. The lowest BCUT2D eigenvalue weighted by atomic mass is 9.97. The van der Waals surface area contributed by atoms with E-state index in [0.717, 1.165) is 11.3 Å². The van der Waals surface area contributed by atoms with Crippen LogP contribution in [0.5, 0.6) is 0 Å². The molecule has 8 nitrogen and oxygen atoms in total. The van der Waals surface area contributed by atoms with Crippen LogP contribution >= 0.6 is 22.9 Å². The number of anilines is 1. The first-order valence-electron chi connectivity index (χ1n) is 9.45. The number of amides is 1. The van der Waals surface area contributed by atoms with Crippen molar-refractivity contribution in [3.8, 4) is 0 Å². The van der Waals surface area contributed by atoms with Crippen molar-refractivity contribution in [3.63, 3.8) is 0 Å². The maximum atomic E-state index is 12.5. The summed E-state index contributed by atoms with van der Waals surface area (Å²) in [6.45, 7) is 3.10. The summed E-state index contributed by atoms with van der Waals surface area (Å²) >= 11 is 6.90. The molecule has 2 aromatic rings. The Balaban J connectivity index is 1.55. The van der Waals surface area contributed by atoms with Crippen LogP contribution in [-0.4, -0.2) is 49.9 Å². The summed E-state index contributed by atoms with van der Waals surface area (Å²) in [5.74, 6) is -0.474. The van der Waals surface area contributed by atoms with E-state index in [1.807, 2.05) is 0 Å². The molecule has 1 N–H and O–H groups in total. The molecule has 0 unspecified atom stereocenters. The van der Waals surface area contributed by atoms with Crippen LogP contribution in [0.15, 0.2) is 34.5 Å². The fourth-order valence-electron chi connectivity index (χ4n) is 3.11. The summed E-state index contributed by atoms with van der Waals surface area (Å²) in [5, 5.41) is 2.28. The summed E-state index contributed by atoms with van der Waals surface area (Å²) in [6, 6.07) is 5.80. The van der Waals surface area contributed by atoms with Gasteiger partial charge in [0.05, 0.1) is 29.5 Å². The molecule has 30 heavy (non-hydrogen) atoms. The monoisotopic (exact) mass is 471 g/mol. The van der Waals surface area contributed by atoms with Crippen LogP contribution in [0.4, 0.5) is 5.13 Å². The largest absolute Gasteiger partial charge is 0.466 e. The van der Waals surface area contributed by atoms with E-state index in [1.54, 1.807) is 17.2 Å². The van der Waals surface area contributed by atoms with Crippen molar-refractivity contribution in [3.05, 3.63) is 40.4 Å². The first kappa shape index (κ1) is 22.5. The molecule has 1 amide bonds. The Labute approximate surface area is 184 Å². The van der Waals surface area contributed by atoms with Gasteiger partial charge in [0.1, 0.15) is 0 Å². The summed E-state index contributed by atoms with van der Waals surface area (Å²) in [4.78, 5) is 30.3. The lowest BCUT2D eigenvalue weighted by Gasteiger charge is -2.30. The van der Waals surface area contributed by atoms with Gasteiger partial charge in [0.15, 0.2) is 5.13 Å². The molecular formula is C19H22ClN3O5S2. The minimum Gasteiger partial charge on any atom is -0.466 e. The zero-order chi connectivity index (χ0) is 21.7. The maximum absolute atomic E-state index is 12.5. The van der Waals surface area contributed by atoms with Gasteiger partial charge in [0.25, 0.3) is 10.0 Å². The number of ether oxygens (including phenoxy) is 1. The number of aromatic nitrogens is 1. The average Bonchev–Trinajstić information content (AvgIpc) is 3.14. The van der Waals surface area contributed by atoms with E-state index in [-0.39, 0.29) is 34.2 Å². The predicted molar refractivity (Wildman–Crippen MR) is 114 cm³/mol. The number of likely N-dealkylation sites (tertiary alicyclic amines) is 1. The van der Waals surface area contributed by atoms with Crippen LogP contribution in [0.3, 0.4) is 0 Å². The first-order valence-corrected chi connectivity index (χ1v) is 12.2. The summed E-state index contributed by atoms with van der Waals surface area (Å²) < 4.78 is 32.3. The predicted octanol–water partition coefficient (Wildman–Crippen LogP) is 2.94. The SMILES string of the molecule is CCOC(=O)C1CCN(C(=O)Cc2csc(NS(=O)(=O)c3ccc(Cl)cc3)n2)CC1. The van der Waals surface area contributed by atoms with Gasteiger partial charge in [-0.25, -0.2) is 13.4 Å². The Morgan fingerprint density at radius 2 is 1.93 bits per heavy atom. The number of thiazole rings is 1. The second-order valence-corrected chi connectivity index (χ2v) is 9.76. The smallest absolute Gasteiger partial charge is 0.309 e. The Bertz CT molecular complexity index is 999. The van der Waals surface area contributed by atoms with Gasteiger partial charge in [-0.3, -0.25) is 14.3 Å². The highest BCUT2D eigenvalue weighted by Crippen LogP contribution is 2.23. The molecule has 1 fully saturated rings. The van der Waals surface area contributed by atoms with Crippen molar-refractivity contribution in [2.24, 2.45) is 5.92 Å². The number of nitrogens with zero attached hydrogens (tertiary/aromatic N) is 2. The van der Waals surface area contributed by atoms with Gasteiger partial charge in [0.2, 0.25) is 5.91 Å². The van der Waals surface area contributed by atoms with Crippen molar-refractivity contribution in [1.29, 1.82) is 0 Å². The number of esters is 1. The number of piperidine rings is 1. The minimum atomic E-state index is -3.78. The number of sulfonamides is 1. The van der Waals surface area contributed by atoms with E-state index in [1.165, 1.54) is 24.3 Å². The number of rotatable bonds is 7. The van der Waals surface area contributed by atoms with Crippen LogP contribution in [-0.2, 0) is 30.8 Å². The molecule has 1 aliphatic heterocycles. The van der Waals surface area contributed by atoms with Gasteiger partial charge in [-0.2, -0.15) is 0 Å². The lowest BCUT2D eigenvalue weighted by Crippen LogP contribution is -2.41. The summed E-state index contributed by atoms with van der Waals surface area (Å²) in [7, 11) is -3.78. The average molecular weight is 472 g/mol. The van der Waals surface area contributed by atoms with Gasteiger partial charge >= 0.3 is 5.97 Å². The van der Waals surface area contributed by atoms with Gasteiger partial charge in [0, 0.05) is 23.5 Å². The molecule has 162 valence electrons. The van der Waals surface area contributed by atoms with Crippen LogP contribution in [0.2, 0.25) is 5.02 Å². The van der Waals surface area contributed by atoms with Crippen molar-refractivity contribution >= 4 is 50.0 Å². The topological polar surface area (TPSA) is 106 Å². The van der Waals surface area contributed by atoms with E-state index >= 15 is 0 Å². The van der Waals surface area contributed by atoms with Crippen molar-refractivity contribution in [2.75, 3.05) is 24.4 Å². The molecule has 1 aliphatic rings. The third kappa shape index (κ3) is 5.71. The molecule has 0 spiro atoms. The molecule has 2 heterocycles. The van der Waals surface area contributed by atoms with E-state index in [9.17, 15) is 18.0 Å². The van der Waals surface area contributed by atoms with E-state index in [4.69, 9.17) is 16.3 Å². The maximum Gasteiger partial charge on any atom is 0.309 e. The second kappa shape index (κ2) is 9.76. The zero-order valence-corrected chi connectivity index (χ0v) is 18.7. The number of nitrogens with one attached hydrogen (secondary N) is 1. The molecule has 1 aromatic carbocycles. The molecule has 0 radical (unpaired) electrons. The number of carbonyl (C=O) groups excluding carboxylic acids is 2. The van der Waals surface area contributed by atoms with Crippen LogP contribution in [0.1, 0.15) is 25.5 Å². The van der Waals surface area contributed by atoms with Crippen LogP contribution in [0.25, 0.3) is 0 Å². The van der Waals surface area contributed by atoms with Crippen LogP contribution < -0.4 is 4.72 Å². The fraction of sp³-hybridized carbons (Fsp3) is 0.421. The highest BCUT2D eigenvalue weighted by molar-refractivity contribution is 7.93. The van der Waals surface area contributed by atoms with Gasteiger partial charge in [-0.15, -0.1) is 11.3 Å². The molecule has 0 saturated carbocycles. The third-order valence-electron chi connectivity index (χ3n) is 4.70. The Kier molecular flexibility index (Phi) is 7.32. The zero-order valence-electron chi connectivity index (χ0n) is 16.3. The van der Waals surface area contributed by atoms with Crippen molar-refractivity contribution in [1.82, 2.24) is 9.88 Å². The summed E-state index contributed by atoms with van der Waals surface area (Å²) in [5.41, 5.74) is 0.492. The molecule has 1 saturated heterocycles.